The van der Waals surface area contributed by atoms with Crippen LogP contribution in [0.3, 0.4) is 0 Å². The topological polar surface area (TPSA) is 40.5 Å². The molecular weight excluding hydrogens is 315 g/mol. The summed E-state index contributed by atoms with van der Waals surface area (Å²) in [7, 11) is 1.53. The zero-order valence-electron chi connectivity index (χ0n) is 9.46. The van der Waals surface area contributed by atoms with Gasteiger partial charge in [-0.05, 0) is 30.8 Å². The molecule has 18 heavy (non-hydrogen) atoms. The second-order valence-corrected chi connectivity index (χ2v) is 4.83. The summed E-state index contributed by atoms with van der Waals surface area (Å²) in [5.41, 5.74) is -0.351. The number of nitrogens with zero attached hydrogens (tertiary/aromatic N) is 1. The van der Waals surface area contributed by atoms with Crippen LogP contribution < -0.4 is 0 Å². The van der Waals surface area contributed by atoms with Gasteiger partial charge in [0, 0.05) is 11.0 Å². The molecule has 0 radical (unpaired) electrons. The van der Waals surface area contributed by atoms with E-state index in [0.717, 1.165) is 12.1 Å². The van der Waals surface area contributed by atoms with Gasteiger partial charge in [0.2, 0.25) is 0 Å². The first kappa shape index (κ1) is 15.0. The fourth-order valence-corrected chi connectivity index (χ4v) is 2.04. The second-order valence-electron chi connectivity index (χ2n) is 3.91. The van der Waals surface area contributed by atoms with E-state index in [0.29, 0.717) is 10.0 Å². The maximum atomic E-state index is 12.6. The third-order valence-corrected chi connectivity index (χ3v) is 2.60. The van der Waals surface area contributed by atoms with Crippen molar-refractivity contribution in [1.82, 2.24) is 4.90 Å². The number of hydrogen-bond donors (Lipinski definition) is 1. The van der Waals surface area contributed by atoms with Crippen LogP contribution in [0.1, 0.15) is 11.1 Å². The molecule has 0 spiro atoms. The maximum absolute atomic E-state index is 12.6. The van der Waals surface area contributed by atoms with Gasteiger partial charge in [-0.3, -0.25) is 9.69 Å². The molecule has 0 fully saturated rings. The Morgan fingerprint density at radius 1 is 1.39 bits per heavy atom. The smallest absolute Gasteiger partial charge is 0.416 e. The minimum absolute atomic E-state index is 0.134. The van der Waals surface area contributed by atoms with E-state index in [9.17, 15) is 18.0 Å². The van der Waals surface area contributed by atoms with Gasteiger partial charge in [0.1, 0.15) is 0 Å². The molecule has 1 rings (SSSR count). The number of alkyl halides is 3. The van der Waals surface area contributed by atoms with Gasteiger partial charge >= 0.3 is 12.1 Å². The van der Waals surface area contributed by atoms with Crippen molar-refractivity contribution in [2.75, 3.05) is 13.6 Å². The van der Waals surface area contributed by atoms with Gasteiger partial charge in [0.15, 0.2) is 0 Å². The first-order valence-corrected chi connectivity index (χ1v) is 5.75. The van der Waals surface area contributed by atoms with Gasteiger partial charge in [0.25, 0.3) is 0 Å². The Balaban J connectivity index is 2.90. The van der Waals surface area contributed by atoms with Crippen LogP contribution in [0.5, 0.6) is 0 Å². The molecule has 0 atom stereocenters. The normalized spacial score (nSPS) is 11.9. The first-order chi connectivity index (χ1) is 8.18. The molecule has 0 amide bonds. The molecule has 0 unspecified atom stereocenters. The Morgan fingerprint density at radius 3 is 2.50 bits per heavy atom. The van der Waals surface area contributed by atoms with Crippen molar-refractivity contribution in [2.24, 2.45) is 0 Å². The summed E-state index contributed by atoms with van der Waals surface area (Å²) in [6, 6.07) is 3.54. The summed E-state index contributed by atoms with van der Waals surface area (Å²) < 4.78 is 38.0. The van der Waals surface area contributed by atoms with E-state index in [-0.39, 0.29) is 13.1 Å². The zero-order valence-corrected chi connectivity index (χ0v) is 11.0. The van der Waals surface area contributed by atoms with Crippen molar-refractivity contribution >= 4 is 21.9 Å². The number of halogens is 4. The predicted octanol–water partition coefficient (Wildman–Crippen LogP) is 2.98. The lowest BCUT2D eigenvalue weighted by molar-refractivity contribution is -0.139. The van der Waals surface area contributed by atoms with Crippen LogP contribution in [0, 0.1) is 0 Å². The van der Waals surface area contributed by atoms with Crippen LogP contribution in [0.2, 0.25) is 0 Å². The average Bonchev–Trinajstić information content (AvgIpc) is 2.13. The van der Waals surface area contributed by atoms with Crippen molar-refractivity contribution in [2.45, 2.75) is 12.7 Å². The number of carboxylic acid groups (broad SMARTS) is 1. The molecule has 0 aliphatic heterocycles. The fraction of sp³-hybridized carbons (Fsp3) is 0.364. The van der Waals surface area contributed by atoms with Gasteiger partial charge in [-0.1, -0.05) is 15.9 Å². The maximum Gasteiger partial charge on any atom is 0.416 e. The molecule has 1 aromatic carbocycles. The molecule has 7 heteroatoms. The van der Waals surface area contributed by atoms with Crippen LogP contribution in [0.4, 0.5) is 13.2 Å². The van der Waals surface area contributed by atoms with Crippen LogP contribution in [0.15, 0.2) is 22.7 Å². The molecule has 0 bridgehead atoms. The van der Waals surface area contributed by atoms with Crippen LogP contribution >= 0.6 is 15.9 Å². The molecule has 3 nitrogen and oxygen atoms in total. The van der Waals surface area contributed by atoms with E-state index in [1.54, 1.807) is 0 Å². The van der Waals surface area contributed by atoms with E-state index in [1.807, 2.05) is 0 Å². The van der Waals surface area contributed by atoms with Crippen LogP contribution in [-0.4, -0.2) is 29.6 Å². The third-order valence-electron chi connectivity index (χ3n) is 2.14. The highest BCUT2D eigenvalue weighted by molar-refractivity contribution is 9.10. The molecule has 1 aromatic rings. The van der Waals surface area contributed by atoms with E-state index < -0.39 is 17.7 Å². The Kier molecular flexibility index (Phi) is 4.75. The number of hydrogen-bond acceptors (Lipinski definition) is 2. The van der Waals surface area contributed by atoms with Crippen molar-refractivity contribution in [3.63, 3.8) is 0 Å². The number of aliphatic carboxylic acids is 1. The van der Waals surface area contributed by atoms with Crippen molar-refractivity contribution in [1.29, 1.82) is 0 Å². The third kappa shape index (κ3) is 4.66. The number of carbonyl (C=O) groups is 1. The lowest BCUT2D eigenvalue weighted by atomic mass is 10.1. The van der Waals surface area contributed by atoms with E-state index >= 15 is 0 Å². The Morgan fingerprint density at radius 2 is 2.00 bits per heavy atom. The molecule has 0 heterocycles. The van der Waals surface area contributed by atoms with E-state index in [2.05, 4.69) is 15.9 Å². The standard InChI is InChI=1S/C11H11BrF3NO2/c1-16(6-10(17)18)5-7-2-8(11(13,14)15)4-9(12)3-7/h2-4H,5-6H2,1H3,(H,17,18). The fourth-order valence-electron chi connectivity index (χ4n) is 1.50. The van der Waals surface area contributed by atoms with Gasteiger partial charge in [-0.25, -0.2) is 0 Å². The summed E-state index contributed by atoms with van der Waals surface area (Å²) >= 11 is 3.01. The van der Waals surface area contributed by atoms with Gasteiger partial charge in [-0.2, -0.15) is 13.2 Å². The van der Waals surface area contributed by atoms with E-state index in [4.69, 9.17) is 5.11 Å². The summed E-state index contributed by atoms with van der Waals surface area (Å²) in [6.45, 7) is -0.0946. The summed E-state index contributed by atoms with van der Waals surface area (Å²) in [5, 5.41) is 8.57. The van der Waals surface area contributed by atoms with Crippen molar-refractivity contribution in [3.05, 3.63) is 33.8 Å². The summed E-state index contributed by atoms with van der Waals surface area (Å²) in [6.07, 6.45) is -4.41. The molecule has 0 aromatic heterocycles. The second kappa shape index (κ2) is 5.71. The Hall–Kier alpha value is -1.08. The van der Waals surface area contributed by atoms with Gasteiger partial charge in [-0.15, -0.1) is 0 Å². The molecule has 100 valence electrons. The highest BCUT2D eigenvalue weighted by atomic mass is 79.9. The Labute approximate surface area is 110 Å². The van der Waals surface area contributed by atoms with Crippen LogP contribution in [-0.2, 0) is 17.5 Å². The largest absolute Gasteiger partial charge is 0.480 e. The summed E-state index contributed by atoms with van der Waals surface area (Å²) in [5.74, 6) is -1.02. The molecule has 0 saturated heterocycles. The number of benzene rings is 1. The quantitative estimate of drug-likeness (QED) is 0.925. The number of rotatable bonds is 4. The highest BCUT2D eigenvalue weighted by Gasteiger charge is 2.31. The predicted molar refractivity (Wildman–Crippen MR) is 63.1 cm³/mol. The zero-order chi connectivity index (χ0) is 13.9. The molecule has 1 N–H and O–H groups in total. The minimum Gasteiger partial charge on any atom is -0.480 e. The van der Waals surface area contributed by atoms with Gasteiger partial charge < -0.3 is 5.11 Å². The SMILES string of the molecule is CN(CC(=O)O)Cc1cc(Br)cc(C(F)(F)F)c1. The Bertz CT molecular complexity index is 448. The van der Waals surface area contributed by atoms with E-state index in [1.165, 1.54) is 18.0 Å². The lowest BCUT2D eigenvalue weighted by Gasteiger charge is -2.16. The van der Waals surface area contributed by atoms with Gasteiger partial charge in [0.05, 0.1) is 12.1 Å². The molecule has 0 aliphatic carbocycles. The number of likely N-dealkylation sites (N-methyl/N-ethyl adjacent to an activating group) is 1. The minimum atomic E-state index is -4.41. The molecule has 0 aliphatic rings. The lowest BCUT2D eigenvalue weighted by Crippen LogP contribution is -2.25. The summed E-state index contributed by atoms with van der Waals surface area (Å²) in [4.78, 5) is 11.9. The molecular formula is C11H11BrF3NO2. The van der Waals surface area contributed by atoms with Crippen molar-refractivity contribution < 1.29 is 23.1 Å². The average molecular weight is 326 g/mol. The highest BCUT2D eigenvalue weighted by Crippen LogP contribution is 2.32. The monoisotopic (exact) mass is 325 g/mol. The molecule has 0 saturated carbocycles. The van der Waals surface area contributed by atoms with Crippen molar-refractivity contribution in [3.8, 4) is 0 Å². The number of carboxylic acids is 1. The first-order valence-electron chi connectivity index (χ1n) is 4.95. The van der Waals surface area contributed by atoms with Crippen LogP contribution in [0.25, 0.3) is 0 Å².